The first kappa shape index (κ1) is 22.5. The van der Waals surface area contributed by atoms with Gasteiger partial charge in [0.1, 0.15) is 5.82 Å². The van der Waals surface area contributed by atoms with Crippen LogP contribution in [0.4, 0.5) is 5.82 Å². The molecule has 8 nitrogen and oxygen atoms in total. The van der Waals surface area contributed by atoms with Gasteiger partial charge in [-0.3, -0.25) is 9.59 Å². The van der Waals surface area contributed by atoms with Gasteiger partial charge in [-0.1, -0.05) is 34.6 Å². The van der Waals surface area contributed by atoms with E-state index in [1.54, 1.807) is 18.5 Å². The van der Waals surface area contributed by atoms with Crippen molar-refractivity contribution < 1.29 is 9.59 Å². The van der Waals surface area contributed by atoms with Gasteiger partial charge in [-0.25, -0.2) is 9.97 Å². The van der Waals surface area contributed by atoms with Gasteiger partial charge >= 0.3 is 0 Å². The Morgan fingerprint density at radius 2 is 1.69 bits per heavy atom. The van der Waals surface area contributed by atoms with E-state index >= 15 is 0 Å². The van der Waals surface area contributed by atoms with E-state index in [9.17, 15) is 9.59 Å². The van der Waals surface area contributed by atoms with Crippen molar-refractivity contribution in [2.45, 2.75) is 65.7 Å². The summed E-state index contributed by atoms with van der Waals surface area (Å²) in [4.78, 5) is 35.2. The molecule has 0 spiro atoms. The van der Waals surface area contributed by atoms with E-state index in [4.69, 9.17) is 0 Å². The standard InChI is InChI=1S/C21H32N6O2/c1-6-13-26(14-7-2)19(29)10-9-18(28)24-17-15-16(21(3,4)5)25-27(17)20-22-11-8-12-23-20/h8,11-12,15H,6-7,9-10,13-14H2,1-5H3,(H,24,28). The lowest BCUT2D eigenvalue weighted by Crippen LogP contribution is -2.33. The van der Waals surface area contributed by atoms with Gasteiger partial charge in [-0.15, -0.1) is 0 Å². The predicted molar refractivity (Wildman–Crippen MR) is 113 cm³/mol. The number of nitrogens with zero attached hydrogens (tertiary/aromatic N) is 5. The molecule has 0 aliphatic heterocycles. The van der Waals surface area contributed by atoms with Gasteiger partial charge in [-0.2, -0.15) is 9.78 Å². The summed E-state index contributed by atoms with van der Waals surface area (Å²) >= 11 is 0. The summed E-state index contributed by atoms with van der Waals surface area (Å²) in [5.74, 6) is 0.659. The second-order valence-corrected chi connectivity index (χ2v) is 8.05. The number of amides is 2. The van der Waals surface area contributed by atoms with Crippen LogP contribution < -0.4 is 5.32 Å². The molecule has 2 amide bonds. The minimum atomic E-state index is -0.233. The van der Waals surface area contributed by atoms with Crippen LogP contribution in [0.3, 0.4) is 0 Å². The third-order valence-electron chi connectivity index (χ3n) is 4.39. The van der Waals surface area contributed by atoms with Crippen LogP contribution in [0.5, 0.6) is 0 Å². The molecule has 2 rings (SSSR count). The van der Waals surface area contributed by atoms with Crippen LogP contribution in [-0.4, -0.2) is 49.6 Å². The zero-order valence-corrected chi connectivity index (χ0v) is 18.1. The van der Waals surface area contributed by atoms with Crippen LogP contribution in [-0.2, 0) is 15.0 Å². The third kappa shape index (κ3) is 6.37. The molecule has 1 N–H and O–H groups in total. The molecule has 0 aromatic carbocycles. The number of anilines is 1. The summed E-state index contributed by atoms with van der Waals surface area (Å²) in [6.45, 7) is 11.7. The monoisotopic (exact) mass is 400 g/mol. The highest BCUT2D eigenvalue weighted by molar-refractivity contribution is 5.92. The van der Waals surface area contributed by atoms with Crippen LogP contribution in [0.15, 0.2) is 24.5 Å². The van der Waals surface area contributed by atoms with Gasteiger partial charge < -0.3 is 10.2 Å². The average Bonchev–Trinajstić information content (AvgIpc) is 3.11. The first-order valence-corrected chi connectivity index (χ1v) is 10.2. The fourth-order valence-corrected chi connectivity index (χ4v) is 2.87. The van der Waals surface area contributed by atoms with Crippen LogP contribution in [0.1, 0.15) is 66.0 Å². The molecular formula is C21H32N6O2. The molecule has 2 aromatic heterocycles. The Bertz CT molecular complexity index is 804. The Morgan fingerprint density at radius 1 is 1.07 bits per heavy atom. The van der Waals surface area contributed by atoms with Gasteiger partial charge in [0.25, 0.3) is 5.95 Å². The van der Waals surface area contributed by atoms with Gasteiger partial charge in [0.15, 0.2) is 0 Å². The van der Waals surface area contributed by atoms with Crippen molar-refractivity contribution in [3.63, 3.8) is 0 Å². The second kappa shape index (κ2) is 10.1. The average molecular weight is 401 g/mol. The number of hydrogen-bond acceptors (Lipinski definition) is 5. The largest absolute Gasteiger partial charge is 0.343 e. The predicted octanol–water partition coefficient (Wildman–Crippen LogP) is 3.33. The Morgan fingerprint density at radius 3 is 2.24 bits per heavy atom. The zero-order chi connectivity index (χ0) is 21.4. The topological polar surface area (TPSA) is 93.0 Å². The molecule has 0 unspecified atom stereocenters. The Labute approximate surface area is 172 Å². The lowest BCUT2D eigenvalue weighted by atomic mass is 9.92. The van der Waals surface area contributed by atoms with E-state index in [2.05, 4.69) is 20.4 Å². The molecule has 2 heterocycles. The molecule has 0 fully saturated rings. The van der Waals surface area contributed by atoms with E-state index in [0.717, 1.165) is 31.6 Å². The van der Waals surface area contributed by atoms with Crippen molar-refractivity contribution in [3.8, 4) is 5.95 Å². The van der Waals surface area contributed by atoms with Crippen LogP contribution in [0.2, 0.25) is 0 Å². The number of carbonyl (C=O) groups excluding carboxylic acids is 2. The number of nitrogens with one attached hydrogen (secondary N) is 1. The molecule has 0 aliphatic rings. The molecule has 0 aliphatic carbocycles. The SMILES string of the molecule is CCCN(CCC)C(=O)CCC(=O)Nc1cc(C(C)(C)C)nn1-c1ncccn1. The Kier molecular flexibility index (Phi) is 7.87. The van der Waals surface area contributed by atoms with Crippen molar-refractivity contribution in [3.05, 3.63) is 30.2 Å². The van der Waals surface area contributed by atoms with Crippen LogP contribution in [0, 0.1) is 0 Å². The highest BCUT2D eigenvalue weighted by Gasteiger charge is 2.22. The maximum Gasteiger partial charge on any atom is 0.252 e. The van der Waals surface area contributed by atoms with E-state index in [1.807, 2.05) is 45.6 Å². The minimum Gasteiger partial charge on any atom is -0.343 e. The number of hydrogen-bond donors (Lipinski definition) is 1. The van der Waals surface area contributed by atoms with Gasteiger partial charge in [0.05, 0.1) is 5.69 Å². The summed E-state index contributed by atoms with van der Waals surface area (Å²) < 4.78 is 1.53. The molecule has 0 radical (unpaired) electrons. The summed E-state index contributed by atoms with van der Waals surface area (Å²) in [7, 11) is 0. The molecule has 2 aromatic rings. The molecule has 0 bridgehead atoms. The lowest BCUT2D eigenvalue weighted by molar-refractivity contribution is -0.133. The van der Waals surface area contributed by atoms with E-state index < -0.39 is 0 Å². The van der Waals surface area contributed by atoms with E-state index in [1.165, 1.54) is 4.68 Å². The first-order valence-electron chi connectivity index (χ1n) is 10.2. The smallest absolute Gasteiger partial charge is 0.252 e. The van der Waals surface area contributed by atoms with Crippen molar-refractivity contribution in [1.29, 1.82) is 0 Å². The molecule has 8 heteroatoms. The molecule has 0 saturated carbocycles. The van der Waals surface area contributed by atoms with Gasteiger partial charge in [0.2, 0.25) is 11.8 Å². The van der Waals surface area contributed by atoms with Gasteiger partial charge in [-0.05, 0) is 18.9 Å². The number of aromatic nitrogens is 4. The van der Waals surface area contributed by atoms with E-state index in [0.29, 0.717) is 11.8 Å². The number of carbonyl (C=O) groups is 2. The maximum absolute atomic E-state index is 12.5. The Hall–Kier alpha value is -2.77. The molecule has 158 valence electrons. The maximum atomic E-state index is 12.5. The highest BCUT2D eigenvalue weighted by atomic mass is 16.2. The summed E-state index contributed by atoms with van der Waals surface area (Å²) in [6.07, 6.45) is 5.37. The third-order valence-corrected chi connectivity index (χ3v) is 4.39. The molecule has 29 heavy (non-hydrogen) atoms. The van der Waals surface area contributed by atoms with Crippen LogP contribution in [0.25, 0.3) is 5.95 Å². The minimum absolute atomic E-state index is 0.0131. The second-order valence-electron chi connectivity index (χ2n) is 8.05. The van der Waals surface area contributed by atoms with Crippen molar-refractivity contribution in [1.82, 2.24) is 24.6 Å². The quantitative estimate of drug-likeness (QED) is 0.697. The molecule has 0 saturated heterocycles. The van der Waals surface area contributed by atoms with Crippen molar-refractivity contribution in [2.75, 3.05) is 18.4 Å². The first-order chi connectivity index (χ1) is 13.8. The summed E-state index contributed by atoms with van der Waals surface area (Å²) in [5.41, 5.74) is 0.615. The highest BCUT2D eigenvalue weighted by Crippen LogP contribution is 2.25. The Balaban J connectivity index is 2.11. The van der Waals surface area contributed by atoms with Gasteiger partial charge in [0, 0.05) is 49.8 Å². The summed E-state index contributed by atoms with van der Waals surface area (Å²) in [5, 5.41) is 7.45. The number of rotatable bonds is 9. The van der Waals surface area contributed by atoms with Crippen LogP contribution >= 0.6 is 0 Å². The normalized spacial score (nSPS) is 11.3. The molecular weight excluding hydrogens is 368 g/mol. The summed E-state index contributed by atoms with van der Waals surface area (Å²) in [6, 6.07) is 3.55. The fraction of sp³-hybridized carbons (Fsp3) is 0.571. The van der Waals surface area contributed by atoms with Crippen molar-refractivity contribution in [2.24, 2.45) is 0 Å². The lowest BCUT2D eigenvalue weighted by Gasteiger charge is -2.21. The van der Waals surface area contributed by atoms with Crippen molar-refractivity contribution >= 4 is 17.6 Å². The zero-order valence-electron chi connectivity index (χ0n) is 18.1. The van der Waals surface area contributed by atoms with E-state index in [-0.39, 0.29) is 30.1 Å². The fourth-order valence-electron chi connectivity index (χ4n) is 2.87. The molecule has 0 atom stereocenters.